The maximum atomic E-state index is 11.3. The molecule has 35 heavy (non-hydrogen) atoms. The van der Waals surface area contributed by atoms with Crippen LogP contribution in [0.1, 0.15) is 65.6 Å². The zero-order chi connectivity index (χ0) is 24.0. The molecule has 0 heterocycles. The van der Waals surface area contributed by atoms with Crippen LogP contribution in [0.2, 0.25) is 0 Å². The van der Waals surface area contributed by atoms with Crippen LogP contribution in [0.5, 0.6) is 5.75 Å². The number of rotatable bonds is 7. The molecule has 3 aromatic carbocycles. The van der Waals surface area contributed by atoms with E-state index < -0.39 is 5.97 Å². The van der Waals surface area contributed by atoms with Crippen molar-refractivity contribution < 1.29 is 14.6 Å². The van der Waals surface area contributed by atoms with Crippen LogP contribution in [0.15, 0.2) is 66.7 Å². The van der Waals surface area contributed by atoms with Gasteiger partial charge in [0.05, 0.1) is 0 Å². The van der Waals surface area contributed by atoms with Gasteiger partial charge < -0.3 is 0 Å². The molecule has 0 radical (unpaired) electrons. The van der Waals surface area contributed by atoms with Crippen molar-refractivity contribution in [3.05, 3.63) is 89.0 Å². The summed E-state index contributed by atoms with van der Waals surface area (Å²) in [7, 11) is 0. The Kier molecular flexibility index (Phi) is 5.98. The second-order valence-corrected chi connectivity index (χ2v) is 13.4. The van der Waals surface area contributed by atoms with Crippen molar-refractivity contribution in [1.82, 2.24) is 0 Å². The van der Waals surface area contributed by atoms with Crippen molar-refractivity contribution in [2.45, 2.75) is 57.5 Å². The zero-order valence-electron chi connectivity index (χ0n) is 20.2. The third kappa shape index (κ3) is 4.55. The summed E-state index contributed by atoms with van der Waals surface area (Å²) in [5.41, 5.74) is 4.52. The molecule has 4 fully saturated rings. The summed E-state index contributed by atoms with van der Waals surface area (Å²) in [5, 5.41) is 9.25. The Balaban J connectivity index is 1.36. The molecule has 3 nitrogen and oxygen atoms in total. The van der Waals surface area contributed by atoms with Crippen LogP contribution >= 0.6 is 0 Å². The van der Waals surface area contributed by atoms with Gasteiger partial charge in [0.15, 0.2) is 0 Å². The number of carbonyl (C=O) groups is 1. The Morgan fingerprint density at radius 3 is 2.17 bits per heavy atom. The van der Waals surface area contributed by atoms with E-state index in [-0.39, 0.29) is 20.4 Å². The molecule has 4 heteroatoms. The summed E-state index contributed by atoms with van der Waals surface area (Å²) >= 11 is 0.121. The van der Waals surface area contributed by atoms with Crippen LogP contribution in [0.3, 0.4) is 0 Å². The number of carboxylic acid groups (broad SMARTS) is 1. The molecule has 1 N–H and O–H groups in total. The summed E-state index contributed by atoms with van der Waals surface area (Å²) in [5.74, 6) is 2.84. The number of aromatic carboxylic acids is 1. The molecule has 180 valence electrons. The average molecular weight is 532 g/mol. The Morgan fingerprint density at radius 1 is 0.943 bits per heavy atom. The first-order valence-corrected chi connectivity index (χ1v) is 14.5. The minimum absolute atomic E-state index is 0.121. The molecule has 0 spiro atoms. The molecule has 0 aromatic heterocycles. The first kappa shape index (κ1) is 22.9. The van der Waals surface area contributed by atoms with Crippen LogP contribution in [0.4, 0.5) is 0 Å². The molecule has 4 bridgehead atoms. The number of benzene rings is 3. The summed E-state index contributed by atoms with van der Waals surface area (Å²) in [6.45, 7) is 2.79. The molecule has 3 aromatic rings. The van der Waals surface area contributed by atoms with Crippen LogP contribution in [-0.2, 0) is 12.0 Å². The fourth-order valence-electron chi connectivity index (χ4n) is 7.27. The van der Waals surface area contributed by atoms with E-state index in [1.54, 1.807) is 12.1 Å². The number of hydrogen-bond donors (Lipinski definition) is 1. The number of carboxylic acids is 1. The van der Waals surface area contributed by atoms with Gasteiger partial charge in [0.2, 0.25) is 0 Å². The second-order valence-electron chi connectivity index (χ2n) is 11.0. The van der Waals surface area contributed by atoms with Crippen LogP contribution in [0.25, 0.3) is 0 Å². The van der Waals surface area contributed by atoms with Gasteiger partial charge in [-0.15, -0.1) is 0 Å². The van der Waals surface area contributed by atoms with E-state index in [2.05, 4.69) is 43.3 Å². The van der Waals surface area contributed by atoms with Crippen molar-refractivity contribution in [3.8, 4) is 5.75 Å². The fraction of sp³-hybridized carbons (Fsp3) is 0.387. The van der Waals surface area contributed by atoms with E-state index in [1.165, 1.54) is 64.1 Å². The zero-order valence-corrected chi connectivity index (χ0v) is 21.9. The molecule has 0 aliphatic heterocycles. The number of aryl methyl sites for hydroxylation is 1. The van der Waals surface area contributed by atoms with Crippen molar-refractivity contribution in [2.75, 3.05) is 0 Å². The number of ether oxygens (including phenoxy) is 1. The van der Waals surface area contributed by atoms with Gasteiger partial charge in [-0.2, -0.15) is 0 Å². The fourth-order valence-corrected chi connectivity index (χ4v) is 9.21. The summed E-state index contributed by atoms with van der Waals surface area (Å²) in [6.07, 6.45) is 8.21. The first-order valence-electron chi connectivity index (χ1n) is 12.8. The third-order valence-corrected chi connectivity index (χ3v) is 10.9. The van der Waals surface area contributed by atoms with Crippen molar-refractivity contribution >= 4 is 29.8 Å². The van der Waals surface area contributed by atoms with Gasteiger partial charge in [-0.1, -0.05) is 0 Å². The van der Waals surface area contributed by atoms with Crippen molar-refractivity contribution in [2.24, 2.45) is 17.8 Å². The van der Waals surface area contributed by atoms with E-state index in [0.29, 0.717) is 12.2 Å². The van der Waals surface area contributed by atoms with Crippen LogP contribution < -0.4 is 13.7 Å². The Morgan fingerprint density at radius 2 is 1.57 bits per heavy atom. The van der Waals surface area contributed by atoms with Gasteiger partial charge in [-0.3, -0.25) is 0 Å². The third-order valence-electron chi connectivity index (χ3n) is 8.45. The minimum atomic E-state index is -0.871. The monoisotopic (exact) mass is 532 g/mol. The predicted octanol–water partition coefficient (Wildman–Crippen LogP) is 5.40. The molecule has 7 rings (SSSR count). The van der Waals surface area contributed by atoms with Gasteiger partial charge in [0, 0.05) is 0 Å². The van der Waals surface area contributed by atoms with E-state index in [4.69, 9.17) is 4.74 Å². The standard InChI is InChI=1S/C31H32O3Se/c1-20-11-28(34-19-21-5-3-2-4-6-21)27(31-16-22-12-23(17-31)14-24(13-22)18-31)15-29(20)35-26-9-7-25(8-10-26)30(32)33/h2-11,15,22-24H,12-14,16-19H2,1H3,(H,32,33). The normalized spacial score (nSPS) is 26.6. The Labute approximate surface area is 214 Å². The Hall–Kier alpha value is -2.55. The summed E-state index contributed by atoms with van der Waals surface area (Å²) in [6, 6.07) is 22.7. The molecule has 0 amide bonds. The van der Waals surface area contributed by atoms with E-state index in [0.717, 1.165) is 23.5 Å². The second kappa shape index (κ2) is 9.15. The van der Waals surface area contributed by atoms with Gasteiger partial charge in [0.1, 0.15) is 0 Å². The maximum absolute atomic E-state index is 11.3. The van der Waals surface area contributed by atoms with Gasteiger partial charge in [0.25, 0.3) is 0 Å². The molecule has 4 saturated carbocycles. The molecular weight excluding hydrogens is 499 g/mol. The summed E-state index contributed by atoms with van der Waals surface area (Å²) in [4.78, 5) is 11.3. The summed E-state index contributed by atoms with van der Waals surface area (Å²) < 4.78 is 9.18. The van der Waals surface area contributed by atoms with Crippen LogP contribution in [0, 0.1) is 24.7 Å². The van der Waals surface area contributed by atoms with E-state index >= 15 is 0 Å². The average Bonchev–Trinajstić information content (AvgIpc) is 2.84. The van der Waals surface area contributed by atoms with Gasteiger partial charge >= 0.3 is 214 Å². The molecular formula is C31H32O3Se. The molecule has 0 saturated heterocycles. The molecule has 0 atom stereocenters. The predicted molar refractivity (Wildman–Crippen MR) is 140 cm³/mol. The quantitative estimate of drug-likeness (QED) is 0.416. The van der Waals surface area contributed by atoms with Crippen LogP contribution in [-0.4, -0.2) is 26.0 Å². The van der Waals surface area contributed by atoms with Gasteiger partial charge in [-0.25, -0.2) is 0 Å². The SMILES string of the molecule is Cc1cc(OCc2ccccc2)c(C23CC4CC(CC(C4)C2)C3)cc1[Se]c1ccc(C(=O)O)cc1. The van der Waals surface area contributed by atoms with E-state index in [1.807, 2.05) is 18.2 Å². The topological polar surface area (TPSA) is 46.5 Å². The van der Waals surface area contributed by atoms with Crippen molar-refractivity contribution in [1.29, 1.82) is 0 Å². The molecule has 0 unspecified atom stereocenters. The first-order chi connectivity index (χ1) is 17.0. The van der Waals surface area contributed by atoms with E-state index in [9.17, 15) is 9.90 Å². The Bertz CT molecular complexity index is 1200. The molecule has 4 aliphatic rings. The molecule has 4 aliphatic carbocycles. The van der Waals surface area contributed by atoms with Gasteiger partial charge in [-0.05, 0) is 0 Å². The van der Waals surface area contributed by atoms with Crippen molar-refractivity contribution in [3.63, 3.8) is 0 Å². The number of hydrogen-bond acceptors (Lipinski definition) is 2.